The van der Waals surface area contributed by atoms with Crippen LogP contribution in [-0.4, -0.2) is 40.1 Å². The lowest BCUT2D eigenvalue weighted by molar-refractivity contribution is -0.0980. The van der Waals surface area contributed by atoms with Crippen LogP contribution in [-0.2, 0) is 16.1 Å². The lowest BCUT2D eigenvalue weighted by Gasteiger charge is -2.13. The van der Waals surface area contributed by atoms with Crippen molar-refractivity contribution in [1.82, 2.24) is 5.32 Å². The predicted octanol–water partition coefficient (Wildman–Crippen LogP) is 3.11. The normalized spacial score (nSPS) is 9.14. The van der Waals surface area contributed by atoms with Crippen molar-refractivity contribution in [2.75, 3.05) is 38.4 Å². The number of methoxy groups -OCH3 is 2. The van der Waals surface area contributed by atoms with Crippen LogP contribution in [0.3, 0.4) is 0 Å². The predicted molar refractivity (Wildman–Crippen MR) is 114 cm³/mol. The summed E-state index contributed by atoms with van der Waals surface area (Å²) >= 11 is 0. The minimum Gasteiger partial charge on any atom is -0.497 e. The van der Waals surface area contributed by atoms with Crippen LogP contribution in [0.2, 0.25) is 0 Å². The molecule has 0 radical (unpaired) electrons. The van der Waals surface area contributed by atoms with Crippen LogP contribution < -0.4 is 21.1 Å². The number of nitrogens with two attached hydrogens (primary N) is 1. The number of anilines is 2. The SMILES string of the molecule is C=O.CC.COCCNc1ccc(N)cc1C(=O)NCc1ccc(OC)cc1. The summed E-state index contributed by atoms with van der Waals surface area (Å²) in [6, 6.07) is 12.8. The fourth-order valence-electron chi connectivity index (χ4n) is 2.21. The van der Waals surface area contributed by atoms with Crippen LogP contribution in [0.25, 0.3) is 0 Å². The Hall–Kier alpha value is -3.06. The summed E-state index contributed by atoms with van der Waals surface area (Å²) in [6.07, 6.45) is 0. The van der Waals surface area contributed by atoms with Gasteiger partial charge < -0.3 is 30.6 Å². The van der Waals surface area contributed by atoms with Gasteiger partial charge in [-0.15, -0.1) is 0 Å². The molecule has 2 aromatic carbocycles. The maximum Gasteiger partial charge on any atom is 0.253 e. The molecule has 0 aromatic heterocycles. The highest BCUT2D eigenvalue weighted by Gasteiger charge is 2.11. The minimum absolute atomic E-state index is 0.182. The van der Waals surface area contributed by atoms with E-state index in [1.165, 1.54) is 0 Å². The van der Waals surface area contributed by atoms with Gasteiger partial charge in [0.1, 0.15) is 12.5 Å². The Morgan fingerprint density at radius 3 is 2.29 bits per heavy atom. The molecule has 0 saturated carbocycles. The summed E-state index contributed by atoms with van der Waals surface area (Å²) in [4.78, 5) is 20.5. The lowest BCUT2D eigenvalue weighted by atomic mass is 10.1. The van der Waals surface area contributed by atoms with E-state index < -0.39 is 0 Å². The molecule has 28 heavy (non-hydrogen) atoms. The van der Waals surface area contributed by atoms with Crippen molar-refractivity contribution in [3.8, 4) is 5.75 Å². The van der Waals surface area contributed by atoms with E-state index >= 15 is 0 Å². The van der Waals surface area contributed by atoms with E-state index in [0.717, 1.165) is 17.0 Å². The molecule has 1 amide bonds. The van der Waals surface area contributed by atoms with E-state index in [2.05, 4.69) is 10.6 Å². The summed E-state index contributed by atoms with van der Waals surface area (Å²) in [5.74, 6) is 0.601. The van der Waals surface area contributed by atoms with Crippen LogP contribution >= 0.6 is 0 Å². The van der Waals surface area contributed by atoms with Gasteiger partial charge in [0.2, 0.25) is 0 Å². The van der Waals surface area contributed by atoms with Gasteiger partial charge in [0.25, 0.3) is 5.91 Å². The Morgan fingerprint density at radius 1 is 1.07 bits per heavy atom. The summed E-state index contributed by atoms with van der Waals surface area (Å²) in [6.45, 7) is 7.59. The monoisotopic (exact) mass is 389 g/mol. The molecule has 0 aliphatic carbocycles. The molecular formula is C21H31N3O4. The van der Waals surface area contributed by atoms with Gasteiger partial charge in [-0.3, -0.25) is 4.79 Å². The number of carbonyl (C=O) groups excluding carboxylic acids is 2. The zero-order valence-electron chi connectivity index (χ0n) is 17.1. The van der Waals surface area contributed by atoms with E-state index in [9.17, 15) is 4.79 Å². The van der Waals surface area contributed by atoms with E-state index in [4.69, 9.17) is 20.0 Å². The van der Waals surface area contributed by atoms with Gasteiger partial charge in [0.05, 0.1) is 19.3 Å². The molecule has 0 spiro atoms. The van der Waals surface area contributed by atoms with Crippen LogP contribution in [0, 0.1) is 0 Å². The van der Waals surface area contributed by atoms with Crippen molar-refractivity contribution in [3.63, 3.8) is 0 Å². The number of benzene rings is 2. The molecule has 0 aliphatic rings. The van der Waals surface area contributed by atoms with E-state index in [1.807, 2.05) is 44.9 Å². The highest BCUT2D eigenvalue weighted by molar-refractivity contribution is 6.00. The third-order valence-electron chi connectivity index (χ3n) is 3.52. The first kappa shape index (κ1) is 24.9. The Bertz CT molecular complexity index is 691. The van der Waals surface area contributed by atoms with Gasteiger partial charge in [-0.25, -0.2) is 0 Å². The maximum absolute atomic E-state index is 12.5. The van der Waals surface area contributed by atoms with Crippen molar-refractivity contribution in [3.05, 3.63) is 53.6 Å². The number of hydrogen-bond acceptors (Lipinski definition) is 6. The largest absolute Gasteiger partial charge is 0.497 e. The number of hydrogen-bond donors (Lipinski definition) is 3. The Balaban J connectivity index is 0.00000171. The average molecular weight is 389 g/mol. The second-order valence-electron chi connectivity index (χ2n) is 5.26. The summed E-state index contributed by atoms with van der Waals surface area (Å²) in [5.41, 5.74) is 8.59. The van der Waals surface area contributed by atoms with Crippen molar-refractivity contribution < 1.29 is 19.1 Å². The number of ether oxygens (including phenoxy) is 2. The zero-order valence-corrected chi connectivity index (χ0v) is 17.1. The number of rotatable bonds is 8. The molecule has 0 heterocycles. The van der Waals surface area contributed by atoms with Crippen LogP contribution in [0.4, 0.5) is 11.4 Å². The van der Waals surface area contributed by atoms with Gasteiger partial charge in [-0.1, -0.05) is 26.0 Å². The molecule has 2 aromatic rings. The first-order valence-electron chi connectivity index (χ1n) is 8.96. The number of carbonyl (C=O) groups is 2. The Labute approximate surface area is 167 Å². The fraction of sp³-hybridized carbons (Fsp3) is 0.333. The minimum atomic E-state index is -0.182. The Kier molecular flexibility index (Phi) is 13.4. The maximum atomic E-state index is 12.5. The lowest BCUT2D eigenvalue weighted by Crippen LogP contribution is -2.24. The van der Waals surface area contributed by atoms with Gasteiger partial charge >= 0.3 is 0 Å². The van der Waals surface area contributed by atoms with E-state index in [0.29, 0.717) is 30.9 Å². The van der Waals surface area contributed by atoms with Crippen LogP contribution in [0.15, 0.2) is 42.5 Å². The molecule has 0 unspecified atom stereocenters. The molecule has 7 nitrogen and oxygen atoms in total. The fourth-order valence-corrected chi connectivity index (χ4v) is 2.21. The molecule has 2 rings (SSSR count). The number of nitrogens with one attached hydrogen (secondary N) is 2. The molecule has 0 atom stereocenters. The molecular weight excluding hydrogens is 358 g/mol. The molecule has 0 fully saturated rings. The molecule has 154 valence electrons. The molecule has 0 saturated heterocycles. The standard InChI is InChI=1S/C18H23N3O3.C2H6.CH2O/c1-23-10-9-20-17-8-5-14(19)11-16(17)18(22)21-12-13-3-6-15(24-2)7-4-13;2*1-2/h3-8,11,20H,9-10,12,19H2,1-2H3,(H,21,22);1-2H3;1H2. The summed E-state index contributed by atoms with van der Waals surface area (Å²) in [7, 11) is 3.25. The third kappa shape index (κ3) is 8.55. The van der Waals surface area contributed by atoms with Gasteiger partial charge in [-0.2, -0.15) is 0 Å². The van der Waals surface area contributed by atoms with Crippen molar-refractivity contribution in [2.24, 2.45) is 0 Å². The molecule has 0 aliphatic heterocycles. The highest BCUT2D eigenvalue weighted by Crippen LogP contribution is 2.19. The second-order valence-corrected chi connectivity index (χ2v) is 5.26. The third-order valence-corrected chi connectivity index (χ3v) is 3.52. The second kappa shape index (κ2) is 15.0. The summed E-state index contributed by atoms with van der Waals surface area (Å²) in [5, 5.41) is 6.08. The van der Waals surface area contributed by atoms with Crippen molar-refractivity contribution in [1.29, 1.82) is 0 Å². The number of nitrogen functional groups attached to an aromatic ring is 1. The molecule has 7 heteroatoms. The zero-order chi connectivity index (χ0) is 21.4. The van der Waals surface area contributed by atoms with Crippen LogP contribution in [0.5, 0.6) is 5.75 Å². The smallest absolute Gasteiger partial charge is 0.253 e. The number of amides is 1. The van der Waals surface area contributed by atoms with Gasteiger partial charge in [-0.05, 0) is 35.9 Å². The first-order chi connectivity index (χ1) is 13.6. The summed E-state index contributed by atoms with van der Waals surface area (Å²) < 4.78 is 10.1. The van der Waals surface area contributed by atoms with Crippen molar-refractivity contribution >= 4 is 24.1 Å². The molecule has 4 N–H and O–H groups in total. The highest BCUT2D eigenvalue weighted by atomic mass is 16.5. The van der Waals surface area contributed by atoms with E-state index in [-0.39, 0.29) is 5.91 Å². The average Bonchev–Trinajstić information content (AvgIpc) is 2.76. The Morgan fingerprint density at radius 2 is 1.71 bits per heavy atom. The first-order valence-corrected chi connectivity index (χ1v) is 8.96. The topological polar surface area (TPSA) is 103 Å². The van der Waals surface area contributed by atoms with Gasteiger partial charge in [0.15, 0.2) is 0 Å². The quantitative estimate of drug-likeness (QED) is 0.474. The van der Waals surface area contributed by atoms with Crippen molar-refractivity contribution in [2.45, 2.75) is 20.4 Å². The van der Waals surface area contributed by atoms with Crippen LogP contribution in [0.1, 0.15) is 29.8 Å². The van der Waals surface area contributed by atoms with Gasteiger partial charge in [0, 0.05) is 31.6 Å². The van der Waals surface area contributed by atoms with E-state index in [1.54, 1.807) is 32.4 Å². The molecule has 0 bridgehead atoms.